The van der Waals surface area contributed by atoms with Crippen molar-refractivity contribution >= 4 is 57.3 Å². The Hall–Kier alpha value is -7.23. The van der Waals surface area contributed by atoms with Crippen molar-refractivity contribution in [2.24, 2.45) is 5.41 Å². The highest BCUT2D eigenvalue weighted by Gasteiger charge is 2.45. The minimum Gasteiger partial charge on any atom is -0.391 e. The first kappa shape index (κ1) is 52.6. The monoisotopic (exact) mass is 1030 g/mol. The molecule has 3 aliphatic rings. The number of aromatic amines is 1. The number of hydrogen-bond acceptors (Lipinski definition) is 12. The summed E-state index contributed by atoms with van der Waals surface area (Å²) in [5, 5.41) is 35.4. The van der Waals surface area contributed by atoms with Crippen LogP contribution in [0.4, 0.5) is 5.69 Å². The normalized spacial score (nSPS) is 17.6. The molecule has 9 rings (SSSR count). The summed E-state index contributed by atoms with van der Waals surface area (Å²) in [5.74, 6) is -0.996. The van der Waals surface area contributed by atoms with E-state index in [0.717, 1.165) is 67.2 Å². The number of β-amino-alcohol motifs (C(OH)–C–C–N with tert-alkyl or cyclic N) is 1. The first-order valence-electron chi connectivity index (χ1n) is 26.1. The fraction of sp³-hybridized carbons (Fsp3) is 0.456. The van der Waals surface area contributed by atoms with E-state index in [2.05, 4.69) is 74.8 Å². The molecule has 75 heavy (non-hydrogen) atoms. The van der Waals surface area contributed by atoms with Crippen molar-refractivity contribution in [3.05, 3.63) is 117 Å². The lowest BCUT2D eigenvalue weighted by molar-refractivity contribution is -0.144. The molecule has 4 amide bonds. The molecule has 0 bridgehead atoms. The minimum atomic E-state index is -0.930. The number of carbonyl (C=O) groups excluding carboxylic acids is 5. The second-order valence-corrected chi connectivity index (χ2v) is 22.7. The summed E-state index contributed by atoms with van der Waals surface area (Å²) in [6, 6.07) is 18.0. The van der Waals surface area contributed by atoms with Gasteiger partial charge in [0.15, 0.2) is 5.78 Å². The number of aryl methyl sites for hydroxylation is 4. The Bertz CT molecular complexity index is 3190. The number of nitriles is 1. The van der Waals surface area contributed by atoms with Crippen LogP contribution in [0.25, 0.3) is 21.3 Å². The molecular weight excluding hydrogens is 967 g/mol. The third kappa shape index (κ3) is 11.0. The van der Waals surface area contributed by atoms with Gasteiger partial charge in [-0.1, -0.05) is 77.1 Å². The number of aliphatic hydroxyl groups excluding tert-OH is 1. The number of aromatic nitrogens is 5. The predicted octanol–water partition coefficient (Wildman–Crippen LogP) is 6.76. The van der Waals surface area contributed by atoms with E-state index in [1.807, 2.05) is 74.6 Å². The van der Waals surface area contributed by atoms with Gasteiger partial charge in [-0.05, 0) is 84.5 Å². The number of benzene rings is 3. The molecule has 2 saturated heterocycles. The second-order valence-electron chi connectivity index (χ2n) is 21.8. The number of thiazole rings is 1. The largest absolute Gasteiger partial charge is 0.391 e. The lowest BCUT2D eigenvalue weighted by Crippen LogP contribution is -2.57. The summed E-state index contributed by atoms with van der Waals surface area (Å²) in [5.41, 5.74) is 11.0. The fourth-order valence-corrected chi connectivity index (χ4v) is 11.7. The first-order valence-corrected chi connectivity index (χ1v) is 27.0. The number of ketones is 1. The number of H-pyrrole nitrogens is 1. The van der Waals surface area contributed by atoms with E-state index in [1.165, 1.54) is 4.90 Å². The number of rotatable bonds is 16. The Morgan fingerprint density at radius 3 is 2.47 bits per heavy atom. The van der Waals surface area contributed by atoms with Gasteiger partial charge in [-0.25, -0.2) is 4.98 Å². The molecule has 6 aromatic rings. The average molecular weight is 1030 g/mol. The van der Waals surface area contributed by atoms with Gasteiger partial charge in [-0.3, -0.25) is 28.7 Å². The van der Waals surface area contributed by atoms with E-state index in [4.69, 9.17) is 0 Å². The highest BCUT2D eigenvalue weighted by atomic mass is 32.1. The molecule has 4 N–H and O–H groups in total. The quantitative estimate of drug-likeness (QED) is 0.0793. The van der Waals surface area contributed by atoms with Crippen LogP contribution in [0.2, 0.25) is 0 Å². The van der Waals surface area contributed by atoms with Crippen molar-refractivity contribution < 1.29 is 29.1 Å². The summed E-state index contributed by atoms with van der Waals surface area (Å²) < 4.78 is 1.69. The van der Waals surface area contributed by atoms with Crippen LogP contribution in [-0.4, -0.2) is 120 Å². The molecule has 2 aliphatic heterocycles. The Morgan fingerprint density at radius 1 is 1.01 bits per heavy atom. The van der Waals surface area contributed by atoms with Crippen molar-refractivity contribution in [3.8, 4) is 16.5 Å². The molecule has 3 aromatic heterocycles. The van der Waals surface area contributed by atoms with E-state index in [0.29, 0.717) is 75.1 Å². The SMILES string of the molecule is CCc1cc2c(cc1N1CCN(C(=O)CCCc3cn(CCCC(=O)N[C@H](C(=O)N4C[C@H](O)C[C@H]4C(=O)NCc4ccc(-c5scnc5C)cc4)C(C)(C)C)nn3)CC1)C(C)(C)c1[nH]c3cc(C#N)ccc3c1C2=O. The van der Waals surface area contributed by atoms with Crippen molar-refractivity contribution in [3.63, 3.8) is 0 Å². The van der Waals surface area contributed by atoms with Gasteiger partial charge < -0.3 is 35.4 Å². The highest BCUT2D eigenvalue weighted by molar-refractivity contribution is 7.13. The summed E-state index contributed by atoms with van der Waals surface area (Å²) in [4.78, 5) is 83.2. The lowest BCUT2D eigenvalue weighted by Gasteiger charge is -2.39. The average Bonchev–Trinajstić information content (AvgIpc) is 4.24. The summed E-state index contributed by atoms with van der Waals surface area (Å²) in [7, 11) is 0. The molecule has 3 atom stereocenters. The maximum atomic E-state index is 14.1. The number of likely N-dealkylation sites (tertiary alicyclic amines) is 1. The van der Waals surface area contributed by atoms with E-state index in [-0.39, 0.29) is 49.4 Å². The van der Waals surface area contributed by atoms with Crippen LogP contribution in [0.5, 0.6) is 0 Å². The van der Waals surface area contributed by atoms with Crippen LogP contribution in [0.1, 0.15) is 129 Å². The van der Waals surface area contributed by atoms with E-state index in [9.17, 15) is 34.3 Å². The van der Waals surface area contributed by atoms with Gasteiger partial charge in [0, 0.05) is 105 Å². The molecule has 1 aliphatic carbocycles. The van der Waals surface area contributed by atoms with Crippen LogP contribution in [0, 0.1) is 23.7 Å². The van der Waals surface area contributed by atoms with Crippen molar-refractivity contribution in [2.75, 3.05) is 37.6 Å². The number of carbonyl (C=O) groups is 5. The van der Waals surface area contributed by atoms with E-state index < -0.39 is 34.9 Å². The van der Waals surface area contributed by atoms with Gasteiger partial charge in [-0.15, -0.1) is 16.4 Å². The molecule has 392 valence electrons. The number of aliphatic hydroxyl groups is 1. The maximum Gasteiger partial charge on any atom is 0.246 e. The lowest BCUT2D eigenvalue weighted by atomic mass is 9.70. The number of piperazine rings is 1. The predicted molar refractivity (Wildman–Crippen MR) is 287 cm³/mol. The number of hydrogen-bond donors (Lipinski definition) is 4. The number of fused-ring (bicyclic) bond motifs is 4. The number of nitrogens with one attached hydrogen (secondary N) is 3. The molecule has 17 nitrogen and oxygen atoms in total. The summed E-state index contributed by atoms with van der Waals surface area (Å²) in [6.07, 6.45) is 3.97. The third-order valence-electron chi connectivity index (χ3n) is 15.2. The molecule has 0 unspecified atom stereocenters. The summed E-state index contributed by atoms with van der Waals surface area (Å²) >= 11 is 1.57. The van der Waals surface area contributed by atoms with Crippen LogP contribution in [-0.2, 0) is 50.5 Å². The van der Waals surface area contributed by atoms with Gasteiger partial charge in [0.2, 0.25) is 23.6 Å². The number of nitrogens with zero attached hydrogens (tertiary/aromatic N) is 8. The minimum absolute atomic E-state index is 0.00628. The Balaban J connectivity index is 0.718. The second kappa shape index (κ2) is 21.5. The van der Waals surface area contributed by atoms with Gasteiger partial charge in [0.1, 0.15) is 12.1 Å². The zero-order valence-electron chi connectivity index (χ0n) is 44.0. The van der Waals surface area contributed by atoms with E-state index in [1.54, 1.807) is 28.2 Å². The molecule has 0 spiro atoms. The smallest absolute Gasteiger partial charge is 0.246 e. The van der Waals surface area contributed by atoms with Crippen LogP contribution in [0.15, 0.2) is 66.3 Å². The maximum absolute atomic E-state index is 14.1. The number of amides is 4. The molecule has 18 heteroatoms. The molecular formula is C57H67N11O6S. The third-order valence-corrected chi connectivity index (χ3v) is 16.2. The highest BCUT2D eigenvalue weighted by Crippen LogP contribution is 2.46. The standard InChI is InChI=1S/C57H67N11O6S/c1-8-37-26-42-43(57(6,7)52-49(50(42)72)41-19-16-36(29-58)25-44(41)61-52)28-45(37)65-21-23-66(24-22-65)48(71)13-9-11-39-31-67(64-63-39)20-10-12-47(70)62-53(56(3,4)5)55(74)68-32-40(69)27-46(68)54(73)59-30-35-14-17-38(18-15-35)51-34(2)60-33-75-51/h14-19,25-26,28,31,33,40,46,53,61,69H,8-13,20-24,27,30,32H2,1-7H3,(H,59,73)(H,62,70)/t40-,46+,53-/m1/s1. The van der Waals surface area contributed by atoms with Crippen LogP contribution >= 0.6 is 11.3 Å². The van der Waals surface area contributed by atoms with Gasteiger partial charge in [0.05, 0.1) is 45.1 Å². The Labute approximate surface area is 441 Å². The molecule has 0 radical (unpaired) electrons. The first-order chi connectivity index (χ1) is 35.8. The van der Waals surface area contributed by atoms with E-state index >= 15 is 0 Å². The molecule has 0 saturated carbocycles. The van der Waals surface area contributed by atoms with Crippen molar-refractivity contribution in [2.45, 2.75) is 130 Å². The topological polar surface area (TPSA) is 223 Å². The summed E-state index contributed by atoms with van der Waals surface area (Å²) in [6.45, 7) is 17.1. The fourth-order valence-electron chi connectivity index (χ4n) is 10.9. The zero-order valence-corrected chi connectivity index (χ0v) is 44.8. The molecule has 3 aromatic carbocycles. The van der Waals surface area contributed by atoms with Crippen LogP contribution in [0.3, 0.4) is 0 Å². The zero-order chi connectivity index (χ0) is 53.3. The van der Waals surface area contributed by atoms with Crippen molar-refractivity contribution in [1.29, 1.82) is 5.26 Å². The van der Waals surface area contributed by atoms with Gasteiger partial charge in [-0.2, -0.15) is 5.26 Å². The Morgan fingerprint density at radius 2 is 1.77 bits per heavy atom. The van der Waals surface area contributed by atoms with Crippen molar-refractivity contribution in [1.82, 2.24) is 45.4 Å². The number of anilines is 1. The van der Waals surface area contributed by atoms with Gasteiger partial charge in [0.25, 0.3) is 0 Å². The van der Waals surface area contributed by atoms with Gasteiger partial charge >= 0.3 is 0 Å². The van der Waals surface area contributed by atoms with Crippen LogP contribution < -0.4 is 15.5 Å². The molecule has 2 fully saturated rings. The Kier molecular flexibility index (Phi) is 15.1. The molecule has 5 heterocycles.